The third-order valence-corrected chi connectivity index (χ3v) is 12.6. The van der Waals surface area contributed by atoms with Crippen molar-refractivity contribution in [1.29, 1.82) is 0 Å². The molecule has 19 nitrogen and oxygen atoms in total. The Bertz CT molecular complexity index is 1390. The molecular formula is C41H79O19P3. The molecular weight excluding hydrogens is 889 g/mol. The van der Waals surface area contributed by atoms with Crippen molar-refractivity contribution in [3.63, 3.8) is 0 Å². The molecule has 8 N–H and O–H groups in total. The molecule has 0 aromatic carbocycles. The van der Waals surface area contributed by atoms with Crippen molar-refractivity contribution < 1.29 is 90.6 Å². The summed E-state index contributed by atoms with van der Waals surface area (Å²) in [7, 11) is -16.6. The van der Waals surface area contributed by atoms with Crippen LogP contribution in [0.15, 0.2) is 12.2 Å². The molecule has 0 bridgehead atoms. The fourth-order valence-corrected chi connectivity index (χ4v) is 9.20. The Morgan fingerprint density at radius 1 is 0.492 bits per heavy atom. The van der Waals surface area contributed by atoms with Gasteiger partial charge in [-0.05, 0) is 38.5 Å². The number of carbonyl (C=O) groups is 2. The van der Waals surface area contributed by atoms with Gasteiger partial charge in [0, 0.05) is 12.8 Å². The molecule has 0 heterocycles. The highest BCUT2D eigenvalue weighted by Crippen LogP contribution is 2.51. The Hall–Kier alpha value is -1.11. The van der Waals surface area contributed by atoms with E-state index in [0.717, 1.165) is 64.2 Å². The summed E-state index contributed by atoms with van der Waals surface area (Å²) >= 11 is 0. The van der Waals surface area contributed by atoms with Gasteiger partial charge in [-0.2, -0.15) is 0 Å². The molecule has 5 unspecified atom stereocenters. The fraction of sp³-hybridized carbons (Fsp3) is 0.902. The summed E-state index contributed by atoms with van der Waals surface area (Å²) in [5.74, 6) is -1.30. The van der Waals surface area contributed by atoms with Crippen LogP contribution in [0.2, 0.25) is 0 Å². The summed E-state index contributed by atoms with van der Waals surface area (Å²) in [6.45, 7) is 2.91. The summed E-state index contributed by atoms with van der Waals surface area (Å²) in [6.07, 6.45) is 13.9. The summed E-state index contributed by atoms with van der Waals surface area (Å²) in [4.78, 5) is 73.0. The van der Waals surface area contributed by atoms with E-state index in [2.05, 4.69) is 35.0 Å². The SMILES string of the molecule is CCCCCCC=CCCCCCCCC(=O)OC[C@H](COP(=O)(O)O[C@H]1C(O)C(O)C(OP(=O)(O)O)[C@@H](OP(=O)(O)O)C1O)OC(=O)CCCCCCCCCCCCCCC. The van der Waals surface area contributed by atoms with Crippen molar-refractivity contribution in [3.05, 3.63) is 12.2 Å². The first kappa shape index (κ1) is 59.9. The molecule has 0 aliphatic heterocycles. The zero-order valence-electron chi connectivity index (χ0n) is 37.4. The van der Waals surface area contributed by atoms with Gasteiger partial charge in [0.15, 0.2) is 6.10 Å². The van der Waals surface area contributed by atoms with Crippen molar-refractivity contribution >= 4 is 35.4 Å². The van der Waals surface area contributed by atoms with E-state index in [9.17, 15) is 63.1 Å². The molecule has 8 atom stereocenters. The largest absolute Gasteiger partial charge is 0.472 e. The van der Waals surface area contributed by atoms with Crippen LogP contribution in [-0.2, 0) is 50.9 Å². The first-order valence-electron chi connectivity index (χ1n) is 23.0. The number of aliphatic hydroxyl groups excluding tert-OH is 3. The topological polar surface area (TPSA) is 303 Å². The maximum absolute atomic E-state index is 13.1. The Morgan fingerprint density at radius 3 is 1.33 bits per heavy atom. The number of unbranched alkanes of at least 4 members (excludes halogenated alkanes) is 21. The molecule has 1 aliphatic carbocycles. The Balaban J connectivity index is 2.76. The highest BCUT2D eigenvalue weighted by atomic mass is 31.2. The molecule has 372 valence electrons. The van der Waals surface area contributed by atoms with Crippen LogP contribution in [0, 0.1) is 0 Å². The van der Waals surface area contributed by atoms with Gasteiger partial charge in [-0.3, -0.25) is 27.7 Å². The van der Waals surface area contributed by atoms with Crippen LogP contribution in [0.5, 0.6) is 0 Å². The van der Waals surface area contributed by atoms with E-state index in [1.165, 1.54) is 77.0 Å². The van der Waals surface area contributed by atoms with Gasteiger partial charge in [-0.1, -0.05) is 142 Å². The van der Waals surface area contributed by atoms with Gasteiger partial charge in [-0.25, -0.2) is 13.7 Å². The molecule has 22 heteroatoms. The van der Waals surface area contributed by atoms with Crippen LogP contribution in [0.4, 0.5) is 0 Å². The monoisotopic (exact) mass is 968 g/mol. The van der Waals surface area contributed by atoms with Gasteiger partial charge in [0.25, 0.3) is 0 Å². The second-order valence-electron chi connectivity index (χ2n) is 16.3. The van der Waals surface area contributed by atoms with E-state index < -0.39 is 91.3 Å². The molecule has 0 amide bonds. The molecule has 0 radical (unpaired) electrons. The number of aliphatic hydroxyl groups is 3. The van der Waals surface area contributed by atoms with Gasteiger partial charge < -0.3 is 49.3 Å². The molecule has 0 aromatic rings. The fourth-order valence-electron chi connectivity index (χ4n) is 7.11. The average Bonchev–Trinajstić information content (AvgIpc) is 3.20. The minimum atomic E-state index is -5.60. The van der Waals surface area contributed by atoms with E-state index in [0.29, 0.717) is 12.8 Å². The number of hydrogen-bond acceptors (Lipinski definition) is 14. The molecule has 1 rings (SSSR count). The van der Waals surface area contributed by atoms with E-state index >= 15 is 0 Å². The Labute approximate surface area is 374 Å². The van der Waals surface area contributed by atoms with Gasteiger partial charge in [0.2, 0.25) is 0 Å². The van der Waals surface area contributed by atoms with Gasteiger partial charge in [0.1, 0.15) is 43.2 Å². The maximum Gasteiger partial charge on any atom is 0.472 e. The number of rotatable bonds is 39. The minimum absolute atomic E-state index is 0.00139. The number of allylic oxidation sites excluding steroid dienone is 2. The molecule has 0 spiro atoms. The van der Waals surface area contributed by atoms with E-state index in [4.69, 9.17) is 18.5 Å². The third-order valence-electron chi connectivity index (χ3n) is 10.6. The predicted octanol–water partition coefficient (Wildman–Crippen LogP) is 7.73. The standard InChI is InChI=1S/C41H79O19P3/c1-3-5-7-9-11-13-15-17-19-21-23-25-27-29-34(42)55-31-33(57-35(43)30-28-26-24-22-20-18-16-14-12-10-8-6-4-2)32-56-63(53,54)60-39-36(44)37(45)40(58-61(47,48)49)41(38(39)46)59-62(50,51)52/h13,15,33,36-41,44-46H,3-12,14,16-32H2,1-2H3,(H,53,54)(H2,47,48,49)(H2,50,51,52)/t33-,36?,37?,38?,39+,40?,41+/m1/s1. The molecule has 1 aliphatic rings. The van der Waals surface area contributed by atoms with Crippen molar-refractivity contribution in [1.82, 2.24) is 0 Å². The van der Waals surface area contributed by atoms with Crippen LogP contribution in [-0.4, -0.2) is 108 Å². The quantitative estimate of drug-likeness (QED) is 0.0126. The Kier molecular flexibility index (Phi) is 32.5. The number of phosphoric acid groups is 3. The Morgan fingerprint density at radius 2 is 0.873 bits per heavy atom. The minimum Gasteiger partial charge on any atom is -0.462 e. The zero-order chi connectivity index (χ0) is 47.2. The van der Waals surface area contributed by atoms with Crippen molar-refractivity contribution in [2.45, 2.75) is 224 Å². The van der Waals surface area contributed by atoms with Crippen LogP contribution in [0.3, 0.4) is 0 Å². The molecule has 1 saturated carbocycles. The number of ether oxygens (including phenoxy) is 2. The third kappa shape index (κ3) is 30.7. The maximum atomic E-state index is 13.1. The lowest BCUT2D eigenvalue weighted by Crippen LogP contribution is -2.65. The van der Waals surface area contributed by atoms with Crippen molar-refractivity contribution in [2.75, 3.05) is 13.2 Å². The van der Waals surface area contributed by atoms with E-state index in [-0.39, 0.29) is 12.8 Å². The first-order chi connectivity index (χ1) is 29.8. The normalized spacial score (nSPS) is 22.3. The second-order valence-corrected chi connectivity index (χ2v) is 20.1. The van der Waals surface area contributed by atoms with E-state index in [1.807, 2.05) is 0 Å². The number of carbonyl (C=O) groups excluding carboxylic acids is 2. The van der Waals surface area contributed by atoms with Crippen molar-refractivity contribution in [2.24, 2.45) is 0 Å². The smallest absolute Gasteiger partial charge is 0.462 e. The first-order valence-corrected chi connectivity index (χ1v) is 27.5. The molecule has 1 fully saturated rings. The zero-order valence-corrected chi connectivity index (χ0v) is 40.1. The number of phosphoric ester groups is 3. The molecule has 0 saturated heterocycles. The summed E-state index contributed by atoms with van der Waals surface area (Å²) in [5.41, 5.74) is 0. The van der Waals surface area contributed by atoms with Crippen LogP contribution in [0.1, 0.15) is 181 Å². The van der Waals surface area contributed by atoms with Gasteiger partial charge in [-0.15, -0.1) is 0 Å². The second kappa shape index (κ2) is 34.2. The van der Waals surface area contributed by atoms with E-state index in [1.54, 1.807) is 0 Å². The number of hydrogen-bond donors (Lipinski definition) is 8. The highest BCUT2D eigenvalue weighted by Gasteiger charge is 2.56. The van der Waals surface area contributed by atoms with Crippen LogP contribution < -0.4 is 0 Å². The average molecular weight is 969 g/mol. The van der Waals surface area contributed by atoms with Crippen molar-refractivity contribution in [3.8, 4) is 0 Å². The summed E-state index contributed by atoms with van der Waals surface area (Å²) in [5, 5.41) is 31.8. The lowest BCUT2D eigenvalue weighted by Gasteiger charge is -2.44. The predicted molar refractivity (Wildman–Crippen MR) is 234 cm³/mol. The van der Waals surface area contributed by atoms with Gasteiger partial charge in [0.05, 0.1) is 6.61 Å². The molecule has 0 aromatic heterocycles. The lowest BCUT2D eigenvalue weighted by atomic mass is 9.85. The highest BCUT2D eigenvalue weighted by molar-refractivity contribution is 7.47. The van der Waals surface area contributed by atoms with Crippen LogP contribution in [0.25, 0.3) is 0 Å². The molecule has 63 heavy (non-hydrogen) atoms. The van der Waals surface area contributed by atoms with Gasteiger partial charge >= 0.3 is 35.4 Å². The summed E-state index contributed by atoms with van der Waals surface area (Å²) in [6, 6.07) is 0. The lowest BCUT2D eigenvalue weighted by molar-refractivity contribution is -0.213. The van der Waals surface area contributed by atoms with Crippen LogP contribution >= 0.6 is 23.5 Å². The number of esters is 2. The summed E-state index contributed by atoms with van der Waals surface area (Å²) < 4.78 is 65.3.